The van der Waals surface area contributed by atoms with Crippen molar-refractivity contribution >= 4 is 17.5 Å². The molecule has 0 spiro atoms. The number of H-pyrrole nitrogens is 1. The molecule has 1 heterocycles. The molecule has 6 heteroatoms. The van der Waals surface area contributed by atoms with Crippen LogP contribution < -0.4 is 0 Å². The second-order valence-electron chi connectivity index (χ2n) is 6.11. The Morgan fingerprint density at radius 3 is 2.36 bits per heavy atom. The Hall–Kier alpha value is -2.89. The van der Waals surface area contributed by atoms with Gasteiger partial charge in [0.05, 0.1) is 5.69 Å². The van der Waals surface area contributed by atoms with Crippen LogP contribution in [0.5, 0.6) is 5.75 Å². The molecule has 1 atom stereocenters. The number of carbonyl (C=O) groups is 3. The Morgan fingerprint density at radius 2 is 1.80 bits per heavy atom. The number of Topliss-reactive ketones (excluding diaryl/α,β-unsaturated/α-hetero) is 2. The van der Waals surface area contributed by atoms with E-state index in [9.17, 15) is 19.5 Å². The van der Waals surface area contributed by atoms with Crippen molar-refractivity contribution in [3.8, 4) is 5.75 Å². The van der Waals surface area contributed by atoms with E-state index in [1.807, 2.05) is 0 Å². The monoisotopic (exact) mass is 343 g/mol. The average Bonchev–Trinajstić information content (AvgIpc) is 2.83. The molecule has 2 aromatic rings. The summed E-state index contributed by atoms with van der Waals surface area (Å²) in [4.78, 5) is 39.4. The highest BCUT2D eigenvalue weighted by Gasteiger charge is 2.27. The van der Waals surface area contributed by atoms with Gasteiger partial charge in [-0.2, -0.15) is 0 Å². The third-order valence-electron chi connectivity index (χ3n) is 4.06. The van der Waals surface area contributed by atoms with Gasteiger partial charge in [0.15, 0.2) is 11.9 Å². The van der Waals surface area contributed by atoms with Gasteiger partial charge in [-0.25, -0.2) is 4.79 Å². The molecule has 25 heavy (non-hydrogen) atoms. The average molecular weight is 343 g/mol. The van der Waals surface area contributed by atoms with Crippen LogP contribution in [0.25, 0.3) is 0 Å². The van der Waals surface area contributed by atoms with Crippen LogP contribution in [0.2, 0.25) is 0 Å². The van der Waals surface area contributed by atoms with E-state index in [2.05, 4.69) is 4.98 Å². The SMILES string of the molecule is CC(=O)c1c(C)[nH]c(C(=O)C(C)OC(=O)c2cc(C)ccc2O)c1C. The second kappa shape index (κ2) is 6.93. The Balaban J connectivity index is 2.24. The Bertz CT molecular complexity index is 863. The molecule has 0 aliphatic heterocycles. The largest absolute Gasteiger partial charge is 0.507 e. The number of hydrogen-bond acceptors (Lipinski definition) is 5. The molecule has 0 saturated carbocycles. The van der Waals surface area contributed by atoms with Crippen LogP contribution in [0.3, 0.4) is 0 Å². The van der Waals surface area contributed by atoms with E-state index < -0.39 is 17.9 Å². The number of ether oxygens (including phenoxy) is 1. The smallest absolute Gasteiger partial charge is 0.342 e. The standard InChI is InChI=1S/C19H21NO5/c1-9-6-7-15(22)14(8-9)19(24)25-13(5)18(23)17-10(2)16(12(4)21)11(3)20-17/h6-8,13,20,22H,1-5H3. The van der Waals surface area contributed by atoms with E-state index in [0.717, 1.165) is 5.56 Å². The molecule has 0 saturated heterocycles. The van der Waals surface area contributed by atoms with E-state index in [1.54, 1.807) is 26.8 Å². The summed E-state index contributed by atoms with van der Waals surface area (Å²) >= 11 is 0. The number of aromatic hydroxyl groups is 1. The van der Waals surface area contributed by atoms with Gasteiger partial charge in [-0.3, -0.25) is 9.59 Å². The summed E-state index contributed by atoms with van der Waals surface area (Å²) in [6.45, 7) is 8.05. The van der Waals surface area contributed by atoms with Gasteiger partial charge in [-0.05, 0) is 52.3 Å². The summed E-state index contributed by atoms with van der Waals surface area (Å²) in [5, 5.41) is 9.79. The number of phenols is 1. The molecular weight excluding hydrogens is 322 g/mol. The lowest BCUT2D eigenvalue weighted by molar-refractivity contribution is 0.0314. The van der Waals surface area contributed by atoms with Crippen molar-refractivity contribution in [2.24, 2.45) is 0 Å². The minimum absolute atomic E-state index is 0.00321. The number of ketones is 2. The molecule has 1 unspecified atom stereocenters. The number of aryl methyl sites for hydroxylation is 2. The van der Waals surface area contributed by atoms with Crippen LogP contribution in [-0.2, 0) is 4.74 Å². The van der Waals surface area contributed by atoms with Gasteiger partial charge < -0.3 is 14.8 Å². The van der Waals surface area contributed by atoms with Crippen molar-refractivity contribution in [1.29, 1.82) is 0 Å². The van der Waals surface area contributed by atoms with Crippen molar-refractivity contribution in [3.05, 3.63) is 51.8 Å². The third kappa shape index (κ3) is 3.63. The maximum Gasteiger partial charge on any atom is 0.342 e. The maximum atomic E-state index is 12.6. The highest BCUT2D eigenvalue weighted by molar-refractivity contribution is 6.05. The molecular formula is C19H21NO5. The zero-order chi connectivity index (χ0) is 18.9. The molecule has 0 amide bonds. The molecule has 0 aliphatic carbocycles. The van der Waals surface area contributed by atoms with Crippen molar-refractivity contribution in [1.82, 2.24) is 4.98 Å². The normalized spacial score (nSPS) is 11.9. The molecule has 0 bridgehead atoms. The van der Waals surface area contributed by atoms with Crippen LogP contribution in [-0.4, -0.2) is 33.7 Å². The first-order valence-corrected chi connectivity index (χ1v) is 7.88. The minimum atomic E-state index is -1.07. The van der Waals surface area contributed by atoms with Gasteiger partial charge in [0, 0.05) is 11.3 Å². The number of aromatic nitrogens is 1. The Morgan fingerprint density at radius 1 is 1.16 bits per heavy atom. The topological polar surface area (TPSA) is 96.5 Å². The first-order chi connectivity index (χ1) is 11.6. The summed E-state index contributed by atoms with van der Waals surface area (Å²) in [7, 11) is 0. The molecule has 2 rings (SSSR count). The fraction of sp³-hybridized carbons (Fsp3) is 0.316. The number of nitrogens with one attached hydrogen (secondary N) is 1. The molecule has 2 N–H and O–H groups in total. The van der Waals surface area contributed by atoms with E-state index in [1.165, 1.54) is 26.0 Å². The van der Waals surface area contributed by atoms with E-state index in [-0.39, 0.29) is 22.8 Å². The molecule has 1 aromatic heterocycles. The summed E-state index contributed by atoms with van der Waals surface area (Å²) < 4.78 is 5.20. The lowest BCUT2D eigenvalue weighted by Gasteiger charge is -2.13. The first-order valence-electron chi connectivity index (χ1n) is 7.88. The number of phenolic OH excluding ortho intramolecular Hbond substituents is 1. The quantitative estimate of drug-likeness (QED) is 0.641. The summed E-state index contributed by atoms with van der Waals surface area (Å²) in [6, 6.07) is 4.55. The number of aromatic amines is 1. The molecule has 132 valence electrons. The number of benzene rings is 1. The predicted octanol–water partition coefficient (Wildman–Crippen LogP) is 3.28. The highest BCUT2D eigenvalue weighted by atomic mass is 16.5. The van der Waals surface area contributed by atoms with Gasteiger partial charge in [-0.15, -0.1) is 0 Å². The minimum Gasteiger partial charge on any atom is -0.507 e. The zero-order valence-electron chi connectivity index (χ0n) is 14.9. The second-order valence-corrected chi connectivity index (χ2v) is 6.11. The summed E-state index contributed by atoms with van der Waals surface area (Å²) in [5.74, 6) is -1.57. The van der Waals surface area contributed by atoms with Crippen molar-refractivity contribution in [2.75, 3.05) is 0 Å². The van der Waals surface area contributed by atoms with E-state index in [0.29, 0.717) is 16.8 Å². The zero-order valence-corrected chi connectivity index (χ0v) is 14.9. The van der Waals surface area contributed by atoms with Crippen molar-refractivity contribution < 1.29 is 24.2 Å². The van der Waals surface area contributed by atoms with Crippen LogP contribution in [0.1, 0.15) is 61.9 Å². The fourth-order valence-corrected chi connectivity index (χ4v) is 2.82. The highest BCUT2D eigenvalue weighted by Crippen LogP contribution is 2.22. The van der Waals surface area contributed by atoms with E-state index >= 15 is 0 Å². The number of carbonyl (C=O) groups excluding carboxylic acids is 3. The van der Waals surface area contributed by atoms with Crippen LogP contribution in [0, 0.1) is 20.8 Å². The fourth-order valence-electron chi connectivity index (χ4n) is 2.82. The Kier molecular flexibility index (Phi) is 5.11. The van der Waals surface area contributed by atoms with Crippen molar-refractivity contribution in [2.45, 2.75) is 40.7 Å². The Labute approximate surface area is 145 Å². The molecule has 6 nitrogen and oxygen atoms in total. The van der Waals surface area contributed by atoms with Gasteiger partial charge in [0.1, 0.15) is 11.3 Å². The maximum absolute atomic E-state index is 12.6. The summed E-state index contributed by atoms with van der Waals surface area (Å²) in [5.41, 5.74) is 2.64. The number of rotatable bonds is 5. The summed E-state index contributed by atoms with van der Waals surface area (Å²) in [6.07, 6.45) is -1.07. The predicted molar refractivity (Wildman–Crippen MR) is 92.3 cm³/mol. The van der Waals surface area contributed by atoms with Crippen LogP contribution >= 0.6 is 0 Å². The van der Waals surface area contributed by atoms with Gasteiger partial charge >= 0.3 is 5.97 Å². The van der Waals surface area contributed by atoms with E-state index in [4.69, 9.17) is 4.74 Å². The van der Waals surface area contributed by atoms with Crippen LogP contribution in [0.15, 0.2) is 18.2 Å². The molecule has 0 aliphatic rings. The third-order valence-corrected chi connectivity index (χ3v) is 4.06. The van der Waals surface area contributed by atoms with Gasteiger partial charge in [-0.1, -0.05) is 11.6 Å². The lowest BCUT2D eigenvalue weighted by atomic mass is 10.0. The molecule has 0 fully saturated rings. The first kappa shape index (κ1) is 18.4. The number of esters is 1. The lowest BCUT2D eigenvalue weighted by Crippen LogP contribution is -2.25. The van der Waals surface area contributed by atoms with Gasteiger partial charge in [0.2, 0.25) is 5.78 Å². The molecule has 0 radical (unpaired) electrons. The number of hydrogen-bond donors (Lipinski definition) is 2. The molecule has 1 aromatic carbocycles. The van der Waals surface area contributed by atoms with Gasteiger partial charge in [0.25, 0.3) is 0 Å². The van der Waals surface area contributed by atoms with Crippen molar-refractivity contribution in [3.63, 3.8) is 0 Å². The van der Waals surface area contributed by atoms with Crippen LogP contribution in [0.4, 0.5) is 0 Å².